The fourth-order valence-electron chi connectivity index (χ4n) is 6.72. The van der Waals surface area contributed by atoms with Crippen LogP contribution in [0.25, 0.3) is 17.2 Å². The largest absolute Gasteiger partial charge is 1.00 e. The molecule has 0 heterocycles. The monoisotopic (exact) mass is 648 g/mol. The molecule has 41 heavy (non-hydrogen) atoms. The van der Waals surface area contributed by atoms with Crippen LogP contribution in [0.15, 0.2) is 121 Å². The van der Waals surface area contributed by atoms with Crippen molar-refractivity contribution in [2.24, 2.45) is 0 Å². The summed E-state index contributed by atoms with van der Waals surface area (Å²) in [7, 11) is 0. The second kappa shape index (κ2) is 12.2. The van der Waals surface area contributed by atoms with Gasteiger partial charge in [0.05, 0.1) is 0 Å². The number of hydrogen-bond donors (Lipinski definition) is 0. The van der Waals surface area contributed by atoms with Crippen LogP contribution in [0, 0.1) is 20.8 Å². The second-order valence-electron chi connectivity index (χ2n) is 11.1. The van der Waals surface area contributed by atoms with Gasteiger partial charge in [-0.2, -0.15) is 0 Å². The van der Waals surface area contributed by atoms with E-state index in [4.69, 9.17) is 0 Å². The zero-order valence-electron chi connectivity index (χ0n) is 23.5. The van der Waals surface area contributed by atoms with Gasteiger partial charge in [0.15, 0.2) is 0 Å². The summed E-state index contributed by atoms with van der Waals surface area (Å²) in [5.74, 6) is 0. The summed E-state index contributed by atoms with van der Waals surface area (Å²) in [6.45, 7) is 6.71. The number of aryl methyl sites for hydroxylation is 3. The zero-order valence-corrected chi connectivity index (χ0v) is 27.5. The predicted molar refractivity (Wildman–Crippen MR) is 162 cm³/mol. The third-order valence-electron chi connectivity index (χ3n) is 8.43. The van der Waals surface area contributed by atoms with Crippen molar-refractivity contribution in [1.82, 2.24) is 0 Å². The molecule has 0 spiro atoms. The van der Waals surface area contributed by atoms with E-state index in [2.05, 4.69) is 148 Å². The van der Waals surface area contributed by atoms with Crippen molar-refractivity contribution in [2.75, 3.05) is 0 Å². The third-order valence-corrected chi connectivity index (χ3v) is 17.2. The second-order valence-corrected chi connectivity index (χ2v) is 17.6. The maximum absolute atomic E-state index is 2.70. The Morgan fingerprint density at radius 1 is 0.537 bits per heavy atom. The van der Waals surface area contributed by atoms with Gasteiger partial charge >= 0.3 is 241 Å². The fraction of sp³-hybridized carbons (Fsp3) is 0.132. The van der Waals surface area contributed by atoms with Gasteiger partial charge in [0.1, 0.15) is 0 Å². The summed E-state index contributed by atoms with van der Waals surface area (Å²) in [6, 6.07) is 44.0. The first-order valence-electron chi connectivity index (χ1n) is 13.9. The molecule has 2 aliphatic rings. The average Bonchev–Trinajstić information content (AvgIpc) is 3.50. The van der Waals surface area contributed by atoms with Crippen LogP contribution in [0.2, 0.25) is 0 Å². The van der Waals surface area contributed by atoms with E-state index in [-0.39, 0.29) is 24.8 Å². The van der Waals surface area contributed by atoms with E-state index in [9.17, 15) is 0 Å². The molecule has 202 valence electrons. The molecular weight excluding hydrogens is 619 g/mol. The molecule has 0 amide bonds. The average molecular weight is 651 g/mol. The Labute approximate surface area is 264 Å². The van der Waals surface area contributed by atoms with Crippen LogP contribution in [0.1, 0.15) is 57.3 Å². The molecule has 0 bridgehead atoms. The molecule has 0 N–H and O–H groups in total. The summed E-state index contributed by atoms with van der Waals surface area (Å²) in [4.78, 5) is 0. The van der Waals surface area contributed by atoms with Gasteiger partial charge < -0.3 is 24.8 Å². The van der Waals surface area contributed by atoms with E-state index in [1.807, 2.05) is 0 Å². The summed E-state index contributed by atoms with van der Waals surface area (Å²) in [5.41, 5.74) is 15.7. The summed E-state index contributed by atoms with van der Waals surface area (Å²) < 4.78 is 2.52. The molecule has 5 aromatic rings. The Bertz CT molecular complexity index is 1690. The first-order valence-corrected chi connectivity index (χ1v) is 18.0. The summed E-state index contributed by atoms with van der Waals surface area (Å²) in [6.07, 6.45) is 4.97. The number of hydrogen-bond acceptors (Lipinski definition) is 0. The first-order chi connectivity index (χ1) is 19.1. The molecule has 5 aromatic carbocycles. The number of halogens is 2. The van der Waals surface area contributed by atoms with Crippen molar-refractivity contribution < 1.29 is 46.1 Å². The number of benzene rings is 5. The Morgan fingerprint density at radius 3 is 1.56 bits per heavy atom. The third kappa shape index (κ3) is 5.30. The van der Waals surface area contributed by atoms with Crippen LogP contribution in [0.3, 0.4) is 0 Å². The number of rotatable bonds is 4. The molecule has 1 unspecified atom stereocenters. The zero-order chi connectivity index (χ0) is 26.5. The van der Waals surface area contributed by atoms with E-state index >= 15 is 0 Å². The molecule has 0 saturated heterocycles. The standard InChI is InChI=1S/C15H13.C13H10.C10H9.2ClH.Zr/c1-10-3-5-14-12(7-10)9-13-8-11(2)4-6-15(13)14;1-3-7-12(8-4-1)11-13-9-5-2-6-10-13;1-8-5-6-9-3-2-4-10(9)7-8;;;/h3-9H,1-2H3;1-10H;2-7H,1H3;2*1H;/q;;;;;+2/p-2. The van der Waals surface area contributed by atoms with Crippen LogP contribution in [-0.4, -0.2) is 3.21 Å². The van der Waals surface area contributed by atoms with Gasteiger partial charge in [0.25, 0.3) is 0 Å². The minimum atomic E-state index is -2.70. The van der Waals surface area contributed by atoms with Crippen molar-refractivity contribution in [3.8, 4) is 11.1 Å². The molecule has 0 saturated carbocycles. The van der Waals surface area contributed by atoms with Crippen molar-refractivity contribution in [3.05, 3.63) is 171 Å². The minimum Gasteiger partial charge on any atom is -1.00 e. The van der Waals surface area contributed by atoms with E-state index in [1.54, 1.807) is 14.3 Å². The minimum absolute atomic E-state index is 0. The van der Waals surface area contributed by atoms with Gasteiger partial charge in [0, 0.05) is 0 Å². The molecule has 7 rings (SSSR count). The van der Waals surface area contributed by atoms with E-state index < -0.39 is 21.3 Å². The molecule has 0 aliphatic heterocycles. The van der Waals surface area contributed by atoms with Crippen molar-refractivity contribution in [1.29, 1.82) is 0 Å². The van der Waals surface area contributed by atoms with E-state index in [0.29, 0.717) is 7.25 Å². The van der Waals surface area contributed by atoms with Crippen molar-refractivity contribution >= 4 is 9.28 Å². The SMILES string of the molecule is Cc1ccc2c(c1)C=C[CH]2[Zr+2](=[C](c1ccccc1)c1ccccc1)[CH]1c2cc(C)ccc2-c2ccc(C)cc21.[Cl-].[Cl-]. The Morgan fingerprint density at radius 2 is 1.02 bits per heavy atom. The molecule has 0 aromatic heterocycles. The maximum atomic E-state index is 2.56. The van der Waals surface area contributed by atoms with Crippen LogP contribution >= 0.6 is 0 Å². The normalized spacial score (nSPS) is 14.1. The molecular formula is C38H32Cl2Zr. The van der Waals surface area contributed by atoms with Crippen LogP contribution in [0.5, 0.6) is 0 Å². The number of allylic oxidation sites excluding steroid dienone is 1. The fourth-order valence-corrected chi connectivity index (χ4v) is 16.6. The van der Waals surface area contributed by atoms with Crippen molar-refractivity contribution in [3.63, 3.8) is 0 Å². The topological polar surface area (TPSA) is 0 Å². The Hall–Kier alpha value is -2.83. The van der Waals surface area contributed by atoms with E-state index in [0.717, 1.165) is 0 Å². The first kappa shape index (κ1) is 29.7. The van der Waals surface area contributed by atoms with E-state index in [1.165, 1.54) is 50.1 Å². The van der Waals surface area contributed by atoms with Gasteiger partial charge in [-0.25, -0.2) is 0 Å². The Kier molecular flexibility index (Phi) is 8.82. The molecule has 0 fully saturated rings. The van der Waals surface area contributed by atoms with Gasteiger partial charge in [-0.05, 0) is 0 Å². The quantitative estimate of drug-likeness (QED) is 0.280. The van der Waals surface area contributed by atoms with Gasteiger partial charge in [0.2, 0.25) is 0 Å². The maximum Gasteiger partial charge on any atom is -1.00 e. The molecule has 0 radical (unpaired) electrons. The van der Waals surface area contributed by atoms with Crippen LogP contribution in [0.4, 0.5) is 0 Å². The molecule has 3 heteroatoms. The summed E-state index contributed by atoms with van der Waals surface area (Å²) in [5, 5.41) is 0. The Balaban J connectivity index is 0.00000169. The van der Waals surface area contributed by atoms with Gasteiger partial charge in [-0.15, -0.1) is 0 Å². The van der Waals surface area contributed by atoms with Crippen LogP contribution in [-0.2, 0) is 21.3 Å². The number of fused-ring (bicyclic) bond motifs is 4. The molecule has 2 aliphatic carbocycles. The van der Waals surface area contributed by atoms with Gasteiger partial charge in [-0.3, -0.25) is 0 Å². The van der Waals surface area contributed by atoms with Crippen LogP contribution < -0.4 is 24.8 Å². The van der Waals surface area contributed by atoms with Crippen molar-refractivity contribution in [2.45, 2.75) is 28.0 Å². The smallest absolute Gasteiger partial charge is 1.00 e. The molecule has 0 nitrogen and oxygen atoms in total. The van der Waals surface area contributed by atoms with Gasteiger partial charge in [-0.1, -0.05) is 0 Å². The molecule has 1 atom stereocenters. The summed E-state index contributed by atoms with van der Waals surface area (Å²) >= 11 is -2.70. The predicted octanol–water partition coefficient (Wildman–Crippen LogP) is 3.34.